The van der Waals surface area contributed by atoms with E-state index in [2.05, 4.69) is 73.7 Å². The lowest BCUT2D eigenvalue weighted by atomic mass is 10.0. The van der Waals surface area contributed by atoms with E-state index in [0.717, 1.165) is 29.1 Å². The Hall–Kier alpha value is -3.13. The van der Waals surface area contributed by atoms with E-state index in [-0.39, 0.29) is 0 Å². The Balaban J connectivity index is 0. The number of hydrogen-bond donors (Lipinski definition) is 1. The third-order valence-electron chi connectivity index (χ3n) is 4.36. The Kier molecular flexibility index (Phi) is 21.1. The molecule has 1 aliphatic heterocycles. The van der Waals surface area contributed by atoms with Gasteiger partial charge >= 0.3 is 0 Å². The van der Waals surface area contributed by atoms with Crippen LogP contribution in [0, 0.1) is 0 Å². The molecule has 0 unspecified atom stereocenters. The molecule has 0 saturated heterocycles. The number of rotatable bonds is 5. The Morgan fingerprint density at radius 3 is 2.00 bits per heavy atom. The summed E-state index contributed by atoms with van der Waals surface area (Å²) in [5.41, 5.74) is 5.14. The van der Waals surface area contributed by atoms with Crippen molar-refractivity contribution in [2.45, 2.75) is 75.2 Å². The Labute approximate surface area is 210 Å². The normalized spacial score (nSPS) is 11.7. The van der Waals surface area contributed by atoms with Gasteiger partial charge in [-0.1, -0.05) is 116 Å². The zero-order valence-corrected chi connectivity index (χ0v) is 23.2. The molecule has 0 aromatic heterocycles. The lowest BCUT2D eigenvalue weighted by Crippen LogP contribution is -2.09. The average molecular weight is 461 g/mol. The van der Waals surface area contributed by atoms with Crippen LogP contribution in [0.2, 0.25) is 0 Å². The van der Waals surface area contributed by atoms with Gasteiger partial charge < -0.3 is 5.32 Å². The van der Waals surface area contributed by atoms with Crippen LogP contribution < -0.4 is 5.32 Å². The van der Waals surface area contributed by atoms with Crippen molar-refractivity contribution in [2.24, 2.45) is 4.99 Å². The van der Waals surface area contributed by atoms with Gasteiger partial charge in [0.25, 0.3) is 0 Å². The van der Waals surface area contributed by atoms with Gasteiger partial charge in [-0.25, -0.2) is 0 Å². The van der Waals surface area contributed by atoms with Crippen LogP contribution in [0.5, 0.6) is 0 Å². The molecule has 2 nitrogen and oxygen atoms in total. The van der Waals surface area contributed by atoms with E-state index in [1.807, 2.05) is 85.0 Å². The second kappa shape index (κ2) is 21.7. The predicted molar refractivity (Wildman–Crippen MR) is 160 cm³/mol. The van der Waals surface area contributed by atoms with Gasteiger partial charge in [0.2, 0.25) is 0 Å². The summed E-state index contributed by atoms with van der Waals surface area (Å²) >= 11 is 0. The van der Waals surface area contributed by atoms with E-state index in [1.165, 1.54) is 22.8 Å². The average Bonchev–Trinajstić information content (AvgIpc) is 3.38. The molecule has 2 aromatic rings. The van der Waals surface area contributed by atoms with Crippen LogP contribution >= 0.6 is 0 Å². The highest BCUT2D eigenvalue weighted by molar-refractivity contribution is 6.05. The van der Waals surface area contributed by atoms with E-state index < -0.39 is 0 Å². The largest absolute Gasteiger partial charge is 0.354 e. The molecule has 0 radical (unpaired) electrons. The summed E-state index contributed by atoms with van der Waals surface area (Å²) in [6, 6.07) is 14.6. The first-order chi connectivity index (χ1) is 16.5. The SMILES string of the molecule is C/C=C\C.C=C/C(=C\C)C1=CN=C(C(=C)Nc2ccc3ccccc3c2)C1.CC.CC.CCC. The van der Waals surface area contributed by atoms with Gasteiger partial charge in [0.05, 0.1) is 11.4 Å². The van der Waals surface area contributed by atoms with Crippen LogP contribution in [-0.2, 0) is 0 Å². The Morgan fingerprint density at radius 2 is 1.50 bits per heavy atom. The van der Waals surface area contributed by atoms with Crippen molar-refractivity contribution < 1.29 is 0 Å². The van der Waals surface area contributed by atoms with Crippen LogP contribution in [0.1, 0.15) is 75.2 Å². The first-order valence-electron chi connectivity index (χ1n) is 12.6. The van der Waals surface area contributed by atoms with Gasteiger partial charge in [-0.2, -0.15) is 0 Å². The van der Waals surface area contributed by atoms with Crippen LogP contribution in [0.3, 0.4) is 0 Å². The molecule has 34 heavy (non-hydrogen) atoms. The van der Waals surface area contributed by atoms with E-state index >= 15 is 0 Å². The molecule has 1 heterocycles. The maximum Gasteiger partial charge on any atom is 0.0676 e. The summed E-state index contributed by atoms with van der Waals surface area (Å²) < 4.78 is 0. The topological polar surface area (TPSA) is 24.4 Å². The van der Waals surface area contributed by atoms with Crippen LogP contribution in [0.15, 0.2) is 108 Å². The quantitative estimate of drug-likeness (QED) is 0.348. The molecule has 0 fully saturated rings. The number of nitrogens with one attached hydrogen (secondary N) is 1. The maximum absolute atomic E-state index is 4.50. The van der Waals surface area contributed by atoms with Crippen molar-refractivity contribution in [2.75, 3.05) is 5.32 Å². The lowest BCUT2D eigenvalue weighted by Gasteiger charge is -2.11. The third-order valence-corrected chi connectivity index (χ3v) is 4.36. The number of aliphatic imine (C=N–C) groups is 1. The highest BCUT2D eigenvalue weighted by Crippen LogP contribution is 2.25. The van der Waals surface area contributed by atoms with Gasteiger partial charge in [0, 0.05) is 18.3 Å². The fraction of sp³-hybridized carbons (Fsp3) is 0.344. The highest BCUT2D eigenvalue weighted by atomic mass is 14.9. The molecule has 0 bridgehead atoms. The number of fused-ring (bicyclic) bond motifs is 1. The molecule has 0 aliphatic carbocycles. The number of anilines is 1. The van der Waals surface area contributed by atoms with Crippen molar-refractivity contribution in [1.29, 1.82) is 0 Å². The molecule has 2 aromatic carbocycles. The Morgan fingerprint density at radius 1 is 0.941 bits per heavy atom. The minimum atomic E-state index is 0.783. The second-order valence-electron chi connectivity index (χ2n) is 6.89. The molecule has 1 aliphatic rings. The minimum Gasteiger partial charge on any atom is -0.354 e. The molecular weight excluding hydrogens is 412 g/mol. The summed E-state index contributed by atoms with van der Waals surface area (Å²) in [6.07, 6.45) is 11.9. The van der Waals surface area contributed by atoms with Crippen LogP contribution in [-0.4, -0.2) is 5.71 Å². The van der Waals surface area contributed by atoms with Crippen LogP contribution in [0.4, 0.5) is 5.69 Å². The molecular formula is C32H48N2. The van der Waals surface area contributed by atoms with Crippen LogP contribution in [0.25, 0.3) is 10.8 Å². The monoisotopic (exact) mass is 460 g/mol. The van der Waals surface area contributed by atoms with E-state index in [9.17, 15) is 0 Å². The number of allylic oxidation sites excluding steroid dienone is 7. The van der Waals surface area contributed by atoms with Crippen molar-refractivity contribution in [3.8, 4) is 0 Å². The van der Waals surface area contributed by atoms with Crippen molar-refractivity contribution in [3.05, 3.63) is 103 Å². The van der Waals surface area contributed by atoms with E-state index in [4.69, 9.17) is 0 Å². The fourth-order valence-corrected chi connectivity index (χ4v) is 2.74. The third kappa shape index (κ3) is 12.2. The molecule has 0 atom stereocenters. The maximum atomic E-state index is 4.50. The molecule has 0 amide bonds. The number of benzene rings is 2. The molecule has 0 saturated carbocycles. The van der Waals surface area contributed by atoms with Crippen molar-refractivity contribution >= 4 is 22.2 Å². The lowest BCUT2D eigenvalue weighted by molar-refractivity contribution is 1.09. The van der Waals surface area contributed by atoms with Gasteiger partial charge in [0.15, 0.2) is 0 Å². The summed E-state index contributed by atoms with van der Waals surface area (Å²) in [7, 11) is 0. The summed E-state index contributed by atoms with van der Waals surface area (Å²) in [5, 5.41) is 5.81. The molecule has 186 valence electrons. The standard InChI is InChI=1S/C21H20N2.C4H8.C3H8.2C2H6/c1-4-16(5-2)19-13-21(22-14-19)15(3)23-20-11-10-17-8-6-7-9-18(17)12-20;1-3-4-2;1-3-2;2*1-2/h4-12,14,23H,1,3,13H2,2H3;3-4H,1-2H3;3H2,1-2H3;2*1-2H3/b16-5+;4-3-;;;. The van der Waals surface area contributed by atoms with Gasteiger partial charge in [-0.05, 0) is 54.8 Å². The second-order valence-corrected chi connectivity index (χ2v) is 6.89. The smallest absolute Gasteiger partial charge is 0.0676 e. The zero-order chi connectivity index (χ0) is 26.4. The summed E-state index contributed by atoms with van der Waals surface area (Å²) in [4.78, 5) is 4.50. The predicted octanol–water partition coefficient (Wildman–Crippen LogP) is 10.7. The van der Waals surface area contributed by atoms with Crippen molar-refractivity contribution in [1.82, 2.24) is 0 Å². The zero-order valence-electron chi connectivity index (χ0n) is 23.2. The van der Waals surface area contributed by atoms with Gasteiger partial charge in [-0.3, -0.25) is 4.99 Å². The number of nitrogens with zero attached hydrogens (tertiary/aromatic N) is 1. The minimum absolute atomic E-state index is 0.783. The van der Waals surface area contributed by atoms with Gasteiger partial charge in [0.1, 0.15) is 0 Å². The van der Waals surface area contributed by atoms with Gasteiger partial charge in [-0.15, -0.1) is 0 Å². The number of hydrogen-bond acceptors (Lipinski definition) is 2. The Bertz CT molecular complexity index is 952. The van der Waals surface area contributed by atoms with Crippen molar-refractivity contribution in [3.63, 3.8) is 0 Å². The molecule has 1 N–H and O–H groups in total. The highest BCUT2D eigenvalue weighted by Gasteiger charge is 2.15. The molecule has 3 rings (SSSR count). The molecule has 0 spiro atoms. The fourth-order valence-electron chi connectivity index (χ4n) is 2.74. The summed E-state index contributed by atoms with van der Waals surface area (Å²) in [6.45, 7) is 26.2. The first kappa shape index (κ1) is 33.0. The van der Waals surface area contributed by atoms with E-state index in [0.29, 0.717) is 0 Å². The first-order valence-corrected chi connectivity index (χ1v) is 12.6. The summed E-state index contributed by atoms with van der Waals surface area (Å²) in [5.74, 6) is 0. The molecule has 2 heteroatoms. The van der Waals surface area contributed by atoms with E-state index in [1.54, 1.807) is 0 Å².